The van der Waals surface area contributed by atoms with Crippen LogP contribution in [0.25, 0.3) is 0 Å². The fraction of sp³-hybridized carbons (Fsp3) is 0.312. The molecule has 6 nitrogen and oxygen atoms in total. The minimum Gasteiger partial charge on any atom is -0.378 e. The standard InChI is InChI=1S/C16H17FN4O2/c17-13-3-1-12(2-4-13)11-19-15(22)14-5-6-18-16(20-14)21-7-9-23-10-8-21/h1-6H,7-11H2,(H,19,22). The van der Waals surface area contributed by atoms with E-state index in [9.17, 15) is 9.18 Å². The predicted octanol–water partition coefficient (Wildman–Crippen LogP) is 1.38. The molecule has 1 aromatic heterocycles. The summed E-state index contributed by atoms with van der Waals surface area (Å²) in [5.41, 5.74) is 1.13. The van der Waals surface area contributed by atoms with Gasteiger partial charge in [-0.25, -0.2) is 14.4 Å². The maximum absolute atomic E-state index is 12.9. The molecular weight excluding hydrogens is 299 g/mol. The van der Waals surface area contributed by atoms with Gasteiger partial charge in [0.25, 0.3) is 5.91 Å². The number of rotatable bonds is 4. The molecule has 1 amide bonds. The van der Waals surface area contributed by atoms with Gasteiger partial charge in [-0.15, -0.1) is 0 Å². The third-order valence-corrected chi connectivity index (χ3v) is 3.54. The van der Waals surface area contributed by atoms with Crippen molar-refractivity contribution in [2.75, 3.05) is 31.2 Å². The minimum absolute atomic E-state index is 0.286. The van der Waals surface area contributed by atoms with E-state index >= 15 is 0 Å². The van der Waals surface area contributed by atoms with Crippen molar-refractivity contribution in [1.29, 1.82) is 0 Å². The van der Waals surface area contributed by atoms with Crippen LogP contribution in [0.2, 0.25) is 0 Å². The summed E-state index contributed by atoms with van der Waals surface area (Å²) in [5.74, 6) is -0.0556. The van der Waals surface area contributed by atoms with E-state index in [1.807, 2.05) is 4.90 Å². The van der Waals surface area contributed by atoms with Gasteiger partial charge in [0.15, 0.2) is 0 Å². The fourth-order valence-corrected chi connectivity index (χ4v) is 2.27. The molecule has 23 heavy (non-hydrogen) atoms. The maximum atomic E-state index is 12.9. The number of amides is 1. The Labute approximate surface area is 133 Å². The normalized spacial score (nSPS) is 14.6. The lowest BCUT2D eigenvalue weighted by molar-refractivity contribution is 0.0945. The molecular formula is C16H17FN4O2. The van der Waals surface area contributed by atoms with E-state index in [0.717, 1.165) is 5.56 Å². The van der Waals surface area contributed by atoms with E-state index in [4.69, 9.17) is 4.74 Å². The second kappa shape index (κ2) is 7.15. The Balaban J connectivity index is 1.63. The number of carbonyl (C=O) groups excluding carboxylic acids is 1. The first-order valence-electron chi connectivity index (χ1n) is 7.41. The quantitative estimate of drug-likeness (QED) is 0.923. The van der Waals surface area contributed by atoms with Crippen LogP contribution in [0.4, 0.5) is 10.3 Å². The van der Waals surface area contributed by atoms with E-state index in [1.54, 1.807) is 24.4 Å². The van der Waals surface area contributed by atoms with Crippen molar-refractivity contribution >= 4 is 11.9 Å². The van der Waals surface area contributed by atoms with Crippen molar-refractivity contribution in [2.45, 2.75) is 6.54 Å². The maximum Gasteiger partial charge on any atom is 0.270 e. The number of hydrogen-bond acceptors (Lipinski definition) is 5. The van der Waals surface area contributed by atoms with Crippen molar-refractivity contribution < 1.29 is 13.9 Å². The minimum atomic E-state index is -0.300. The van der Waals surface area contributed by atoms with Crippen molar-refractivity contribution in [2.24, 2.45) is 0 Å². The van der Waals surface area contributed by atoms with Crippen molar-refractivity contribution in [1.82, 2.24) is 15.3 Å². The predicted molar refractivity (Wildman–Crippen MR) is 82.6 cm³/mol. The highest BCUT2D eigenvalue weighted by atomic mass is 19.1. The number of benzene rings is 1. The number of anilines is 1. The average molecular weight is 316 g/mol. The number of hydrogen-bond donors (Lipinski definition) is 1. The van der Waals surface area contributed by atoms with Gasteiger partial charge in [0, 0.05) is 25.8 Å². The van der Waals surface area contributed by atoms with Crippen LogP contribution in [0.3, 0.4) is 0 Å². The lowest BCUT2D eigenvalue weighted by atomic mass is 10.2. The highest BCUT2D eigenvalue weighted by Gasteiger charge is 2.16. The lowest BCUT2D eigenvalue weighted by Gasteiger charge is -2.26. The number of halogens is 1. The van der Waals surface area contributed by atoms with E-state index < -0.39 is 0 Å². The van der Waals surface area contributed by atoms with Crippen molar-refractivity contribution in [3.05, 3.63) is 53.6 Å². The number of aromatic nitrogens is 2. The van der Waals surface area contributed by atoms with Crippen LogP contribution in [0.15, 0.2) is 36.5 Å². The van der Waals surface area contributed by atoms with E-state index in [2.05, 4.69) is 15.3 Å². The molecule has 1 saturated heterocycles. The summed E-state index contributed by atoms with van der Waals surface area (Å²) in [6, 6.07) is 7.57. The summed E-state index contributed by atoms with van der Waals surface area (Å²) < 4.78 is 18.1. The first kappa shape index (κ1) is 15.4. The Morgan fingerprint density at radius 3 is 2.70 bits per heavy atom. The topological polar surface area (TPSA) is 67.4 Å². The Kier molecular flexibility index (Phi) is 4.77. The van der Waals surface area contributed by atoms with Crippen molar-refractivity contribution in [3.8, 4) is 0 Å². The summed E-state index contributed by atoms with van der Waals surface area (Å²) in [6.45, 7) is 2.99. The van der Waals surface area contributed by atoms with Gasteiger partial charge in [0.05, 0.1) is 13.2 Å². The smallest absolute Gasteiger partial charge is 0.270 e. The lowest BCUT2D eigenvalue weighted by Crippen LogP contribution is -2.37. The van der Waals surface area contributed by atoms with E-state index in [-0.39, 0.29) is 11.7 Å². The first-order chi connectivity index (χ1) is 11.2. The van der Waals surface area contributed by atoms with Crippen molar-refractivity contribution in [3.63, 3.8) is 0 Å². The molecule has 2 heterocycles. The summed E-state index contributed by atoms with van der Waals surface area (Å²) >= 11 is 0. The van der Waals surface area contributed by atoms with Gasteiger partial charge in [-0.3, -0.25) is 4.79 Å². The molecule has 1 N–H and O–H groups in total. The Hall–Kier alpha value is -2.54. The van der Waals surface area contributed by atoms with Gasteiger partial charge < -0.3 is 15.0 Å². The first-order valence-corrected chi connectivity index (χ1v) is 7.41. The number of nitrogens with zero attached hydrogens (tertiary/aromatic N) is 3. The van der Waals surface area contributed by atoms with Crippen LogP contribution in [0, 0.1) is 5.82 Å². The number of carbonyl (C=O) groups is 1. The van der Waals surface area contributed by atoms with Gasteiger partial charge in [-0.2, -0.15) is 0 Å². The Morgan fingerprint density at radius 2 is 1.96 bits per heavy atom. The molecule has 7 heteroatoms. The van der Waals surface area contributed by atoms with Gasteiger partial charge in [-0.1, -0.05) is 12.1 Å². The summed E-state index contributed by atoms with van der Waals surface area (Å²) in [7, 11) is 0. The van der Waals surface area contributed by atoms with E-state index in [1.165, 1.54) is 12.1 Å². The summed E-state index contributed by atoms with van der Waals surface area (Å²) in [6.07, 6.45) is 1.57. The van der Waals surface area contributed by atoms with Crippen LogP contribution < -0.4 is 10.2 Å². The average Bonchev–Trinajstić information content (AvgIpc) is 2.62. The molecule has 0 atom stereocenters. The molecule has 1 aliphatic rings. The largest absolute Gasteiger partial charge is 0.378 e. The molecule has 1 fully saturated rings. The molecule has 0 saturated carbocycles. The van der Waals surface area contributed by atoms with Crippen LogP contribution in [-0.2, 0) is 11.3 Å². The number of ether oxygens (including phenoxy) is 1. The molecule has 0 radical (unpaired) electrons. The second-order valence-electron chi connectivity index (χ2n) is 5.15. The molecule has 1 aliphatic heterocycles. The molecule has 0 spiro atoms. The van der Waals surface area contributed by atoms with E-state index in [0.29, 0.717) is 44.5 Å². The molecule has 2 aromatic rings. The highest BCUT2D eigenvalue weighted by Crippen LogP contribution is 2.10. The Morgan fingerprint density at radius 1 is 1.22 bits per heavy atom. The SMILES string of the molecule is O=C(NCc1ccc(F)cc1)c1ccnc(N2CCOCC2)n1. The van der Waals surface area contributed by atoms with Gasteiger partial charge >= 0.3 is 0 Å². The molecule has 120 valence electrons. The van der Waals surface area contributed by atoms with Crippen LogP contribution in [-0.4, -0.2) is 42.2 Å². The molecule has 0 bridgehead atoms. The molecule has 3 rings (SSSR count). The number of morpholine rings is 1. The molecule has 0 aliphatic carbocycles. The zero-order valence-corrected chi connectivity index (χ0v) is 12.5. The Bertz CT molecular complexity index is 672. The molecule has 0 unspecified atom stereocenters. The third-order valence-electron chi connectivity index (χ3n) is 3.54. The van der Waals surface area contributed by atoms with Gasteiger partial charge in [-0.05, 0) is 23.8 Å². The zero-order valence-electron chi connectivity index (χ0n) is 12.5. The monoisotopic (exact) mass is 316 g/mol. The van der Waals surface area contributed by atoms with Crippen LogP contribution >= 0.6 is 0 Å². The molecule has 1 aromatic carbocycles. The summed E-state index contributed by atoms with van der Waals surface area (Å²) in [4.78, 5) is 22.7. The third kappa shape index (κ3) is 4.01. The van der Waals surface area contributed by atoms with Crippen LogP contribution in [0.5, 0.6) is 0 Å². The number of nitrogens with one attached hydrogen (secondary N) is 1. The zero-order chi connectivity index (χ0) is 16.1. The van der Waals surface area contributed by atoms with Crippen LogP contribution in [0.1, 0.15) is 16.1 Å². The summed E-state index contributed by atoms with van der Waals surface area (Å²) in [5, 5.41) is 2.77. The fourth-order valence-electron chi connectivity index (χ4n) is 2.27. The van der Waals surface area contributed by atoms with Gasteiger partial charge in [0.1, 0.15) is 11.5 Å². The highest BCUT2D eigenvalue weighted by molar-refractivity contribution is 5.92. The second-order valence-corrected chi connectivity index (χ2v) is 5.15. The van der Waals surface area contributed by atoms with Gasteiger partial charge in [0.2, 0.25) is 5.95 Å².